The van der Waals surface area contributed by atoms with Crippen molar-refractivity contribution in [2.24, 2.45) is 0 Å². The van der Waals surface area contributed by atoms with Gasteiger partial charge in [-0.25, -0.2) is 0 Å². The van der Waals surface area contributed by atoms with E-state index in [2.05, 4.69) is 48.2 Å². The van der Waals surface area contributed by atoms with Gasteiger partial charge in [-0.2, -0.15) is 10.4 Å². The summed E-state index contributed by atoms with van der Waals surface area (Å²) in [6.07, 6.45) is 6.29. The van der Waals surface area contributed by atoms with Gasteiger partial charge in [-0.05, 0) is 38.5 Å². The van der Waals surface area contributed by atoms with E-state index in [0.717, 1.165) is 32.1 Å². The van der Waals surface area contributed by atoms with Gasteiger partial charge in [0.15, 0.2) is 11.6 Å². The monoisotopic (exact) mass is 352 g/mol. The molecule has 0 fully saturated rings. The molecule has 2 aromatic heterocycles. The van der Waals surface area contributed by atoms with Gasteiger partial charge in [0.2, 0.25) is 0 Å². The quantitative estimate of drug-likeness (QED) is 0.415. The summed E-state index contributed by atoms with van der Waals surface area (Å²) in [5.74, 6) is 1.19. The highest BCUT2D eigenvalue weighted by Crippen LogP contribution is 2.24. The molecule has 0 saturated carbocycles. The van der Waals surface area contributed by atoms with E-state index >= 15 is 0 Å². The lowest BCUT2D eigenvalue weighted by Gasteiger charge is -2.18. The van der Waals surface area contributed by atoms with Crippen molar-refractivity contribution in [2.75, 3.05) is 0 Å². The molecule has 2 heterocycles. The molecule has 140 valence electrons. The summed E-state index contributed by atoms with van der Waals surface area (Å²) < 4.78 is 0. The lowest BCUT2D eigenvalue weighted by Crippen LogP contribution is -2.16. The van der Waals surface area contributed by atoms with E-state index in [-0.39, 0.29) is 12.0 Å². The Hall–Kier alpha value is -1.94. The molecule has 25 heavy (non-hydrogen) atoms. The van der Waals surface area contributed by atoms with Gasteiger partial charge in [0.05, 0.1) is 12.2 Å². The number of aromatic nitrogens is 8. The van der Waals surface area contributed by atoms with Crippen LogP contribution < -0.4 is 0 Å². The van der Waals surface area contributed by atoms with Crippen LogP contribution in [0, 0.1) is 0 Å². The van der Waals surface area contributed by atoms with Crippen molar-refractivity contribution in [3.05, 3.63) is 11.6 Å². The molecule has 0 radical (unpaired) electrons. The van der Waals surface area contributed by atoms with Gasteiger partial charge in [-0.15, -0.1) is 20.4 Å². The molecule has 3 unspecified atom stereocenters. The van der Waals surface area contributed by atoms with Crippen LogP contribution in [-0.4, -0.2) is 63.7 Å². The van der Waals surface area contributed by atoms with E-state index in [1.807, 2.05) is 0 Å². The fourth-order valence-corrected chi connectivity index (χ4v) is 2.91. The van der Waals surface area contributed by atoms with Crippen LogP contribution in [0.1, 0.15) is 75.9 Å². The molecule has 0 aliphatic carbocycles. The van der Waals surface area contributed by atoms with Crippen molar-refractivity contribution in [2.45, 2.75) is 82.8 Å². The first-order valence-corrected chi connectivity index (χ1v) is 9.00. The van der Waals surface area contributed by atoms with E-state index < -0.39 is 6.10 Å². The molecule has 10 heteroatoms. The number of rotatable bonds is 13. The van der Waals surface area contributed by atoms with E-state index in [1.165, 1.54) is 0 Å². The van der Waals surface area contributed by atoms with E-state index in [4.69, 9.17) is 0 Å². The average Bonchev–Trinajstić information content (AvgIpc) is 3.30. The largest absolute Gasteiger partial charge is 0.393 e. The molecule has 2 rings (SSSR count). The highest BCUT2D eigenvalue weighted by molar-refractivity contribution is 4.94. The van der Waals surface area contributed by atoms with Crippen molar-refractivity contribution in [3.8, 4) is 0 Å². The van der Waals surface area contributed by atoms with Crippen LogP contribution in [0.4, 0.5) is 0 Å². The van der Waals surface area contributed by atoms with Gasteiger partial charge in [-0.1, -0.05) is 30.2 Å². The second kappa shape index (κ2) is 10.8. The summed E-state index contributed by atoms with van der Waals surface area (Å²) in [6.45, 7) is 2.11. The van der Waals surface area contributed by atoms with Gasteiger partial charge in [0.1, 0.15) is 0 Å². The number of tetrazole rings is 2. The van der Waals surface area contributed by atoms with Crippen LogP contribution in [-0.2, 0) is 6.42 Å². The predicted octanol–water partition coefficient (Wildman–Crippen LogP) is 0.902. The molecule has 0 amide bonds. The Labute approximate surface area is 146 Å². The van der Waals surface area contributed by atoms with Crippen molar-refractivity contribution >= 4 is 0 Å². The fourth-order valence-electron chi connectivity index (χ4n) is 2.91. The number of hydrogen-bond donors (Lipinski definition) is 4. The number of aromatic amines is 2. The number of aryl methyl sites for hydroxylation is 1. The highest BCUT2D eigenvalue weighted by atomic mass is 16.3. The number of nitrogens with zero attached hydrogens (tertiary/aromatic N) is 6. The molecule has 4 N–H and O–H groups in total. The van der Waals surface area contributed by atoms with E-state index in [1.54, 1.807) is 0 Å². The smallest absolute Gasteiger partial charge is 0.177 e. The Morgan fingerprint density at radius 3 is 2.28 bits per heavy atom. The normalized spacial score (nSPS) is 15.2. The summed E-state index contributed by atoms with van der Waals surface area (Å²) >= 11 is 0. The molecule has 0 aromatic carbocycles. The third kappa shape index (κ3) is 7.22. The Bertz CT molecular complexity index is 548. The maximum Gasteiger partial charge on any atom is 0.177 e. The van der Waals surface area contributed by atoms with Crippen molar-refractivity contribution in [3.63, 3.8) is 0 Å². The van der Waals surface area contributed by atoms with Crippen molar-refractivity contribution in [1.29, 1.82) is 0 Å². The van der Waals surface area contributed by atoms with Gasteiger partial charge in [0, 0.05) is 12.3 Å². The van der Waals surface area contributed by atoms with E-state index in [0.29, 0.717) is 37.3 Å². The molecular weight excluding hydrogens is 324 g/mol. The van der Waals surface area contributed by atoms with Gasteiger partial charge >= 0.3 is 0 Å². The highest BCUT2D eigenvalue weighted by Gasteiger charge is 2.21. The first kappa shape index (κ1) is 19.4. The SMILES string of the molecule is CCCCC(O)CCCC(O)CC(CCc1nn[nH]n1)c1nn[nH]n1. The first-order valence-electron chi connectivity index (χ1n) is 9.00. The molecule has 0 saturated heterocycles. The zero-order valence-corrected chi connectivity index (χ0v) is 14.7. The van der Waals surface area contributed by atoms with E-state index in [9.17, 15) is 10.2 Å². The minimum atomic E-state index is -0.466. The van der Waals surface area contributed by atoms with Crippen LogP contribution >= 0.6 is 0 Å². The molecule has 0 aliphatic heterocycles. The van der Waals surface area contributed by atoms with Gasteiger partial charge in [0.25, 0.3) is 0 Å². The molecule has 2 aromatic rings. The summed E-state index contributed by atoms with van der Waals surface area (Å²) in [6, 6.07) is 0. The Kier molecular flexibility index (Phi) is 8.40. The van der Waals surface area contributed by atoms with Crippen LogP contribution in [0.15, 0.2) is 0 Å². The molecular formula is C15H28N8O2. The van der Waals surface area contributed by atoms with Gasteiger partial charge < -0.3 is 10.2 Å². The Morgan fingerprint density at radius 1 is 0.880 bits per heavy atom. The van der Waals surface area contributed by atoms with Crippen LogP contribution in [0.2, 0.25) is 0 Å². The minimum Gasteiger partial charge on any atom is -0.393 e. The molecule has 0 spiro atoms. The third-order valence-corrected chi connectivity index (χ3v) is 4.35. The topological polar surface area (TPSA) is 149 Å². The zero-order valence-electron chi connectivity index (χ0n) is 14.7. The second-order valence-corrected chi connectivity index (χ2v) is 6.45. The summed E-state index contributed by atoms with van der Waals surface area (Å²) in [4.78, 5) is 0. The number of H-pyrrole nitrogens is 2. The lowest BCUT2D eigenvalue weighted by molar-refractivity contribution is 0.117. The van der Waals surface area contributed by atoms with Crippen molar-refractivity contribution < 1.29 is 10.2 Å². The Balaban J connectivity index is 1.76. The maximum absolute atomic E-state index is 10.3. The zero-order chi connectivity index (χ0) is 17.9. The summed E-state index contributed by atoms with van der Waals surface area (Å²) in [5.41, 5.74) is 0. The van der Waals surface area contributed by atoms with Crippen LogP contribution in [0.3, 0.4) is 0 Å². The first-order chi connectivity index (χ1) is 12.2. The third-order valence-electron chi connectivity index (χ3n) is 4.35. The minimum absolute atomic E-state index is 0.0303. The Morgan fingerprint density at radius 2 is 1.60 bits per heavy atom. The molecule has 0 aliphatic rings. The predicted molar refractivity (Wildman–Crippen MR) is 89.4 cm³/mol. The van der Waals surface area contributed by atoms with Crippen LogP contribution in [0.5, 0.6) is 0 Å². The average molecular weight is 352 g/mol. The molecule has 0 bridgehead atoms. The number of aliphatic hydroxyl groups excluding tert-OH is 2. The van der Waals surface area contributed by atoms with Crippen molar-refractivity contribution in [1.82, 2.24) is 41.2 Å². The summed E-state index contributed by atoms with van der Waals surface area (Å²) in [5, 5.41) is 48.2. The number of nitrogens with one attached hydrogen (secondary N) is 2. The number of hydrogen-bond acceptors (Lipinski definition) is 8. The number of unbranched alkanes of at least 4 members (excludes halogenated alkanes) is 1. The standard InChI is InChI=1S/C15H28N8O2/c1-2-3-5-12(24)6-4-7-13(25)10-11(15-18-22-23-19-15)8-9-14-16-20-21-17-14/h11-13,24-25H,2-10H2,1H3,(H,16,17,20,21)(H,18,19,22,23). The maximum atomic E-state index is 10.3. The van der Waals surface area contributed by atoms with Gasteiger partial charge in [-0.3, -0.25) is 0 Å². The van der Waals surface area contributed by atoms with Crippen LogP contribution in [0.25, 0.3) is 0 Å². The lowest BCUT2D eigenvalue weighted by atomic mass is 9.92. The second-order valence-electron chi connectivity index (χ2n) is 6.45. The number of aliphatic hydroxyl groups is 2. The fraction of sp³-hybridized carbons (Fsp3) is 0.867. The summed E-state index contributed by atoms with van der Waals surface area (Å²) in [7, 11) is 0. The molecule has 3 atom stereocenters. The molecule has 10 nitrogen and oxygen atoms in total.